The predicted molar refractivity (Wildman–Crippen MR) is 118 cm³/mol. The van der Waals surface area contributed by atoms with E-state index in [-0.39, 0.29) is 0 Å². The fourth-order valence-corrected chi connectivity index (χ4v) is 3.49. The fourth-order valence-electron chi connectivity index (χ4n) is 3.49. The number of rotatable bonds is 9. The number of likely N-dealkylation sites (tertiary alicyclic amines) is 1. The van der Waals surface area contributed by atoms with Crippen LogP contribution >= 0.6 is 0 Å². The molecule has 2 heterocycles. The molecule has 0 radical (unpaired) electrons. The van der Waals surface area contributed by atoms with Crippen molar-refractivity contribution in [2.45, 2.75) is 26.3 Å². The molecule has 0 bridgehead atoms. The molecule has 30 heavy (non-hydrogen) atoms. The maximum Gasteiger partial charge on any atom is 0.224 e. The molecule has 1 atom stereocenters. The standard InChI is InChI=1S/C23H32N4O3/c1-4-14-29-20-7-9-21(10-8-20)30-22-19(6-5-12-25-22)15-26-23(24-2)27-13-11-18(16-27)17-28-3/h5-10,12,18H,4,11,13-17H2,1-3H3,(H,24,26). The van der Waals surface area contributed by atoms with E-state index in [1.165, 1.54) is 0 Å². The second-order valence-corrected chi connectivity index (χ2v) is 7.35. The molecule has 1 N–H and O–H groups in total. The van der Waals surface area contributed by atoms with Crippen LogP contribution in [0.1, 0.15) is 25.3 Å². The Morgan fingerprint density at radius 3 is 2.77 bits per heavy atom. The summed E-state index contributed by atoms with van der Waals surface area (Å²) in [4.78, 5) is 11.1. The molecule has 1 saturated heterocycles. The van der Waals surface area contributed by atoms with E-state index in [0.717, 1.165) is 55.6 Å². The van der Waals surface area contributed by atoms with Gasteiger partial charge in [0.05, 0.1) is 13.2 Å². The van der Waals surface area contributed by atoms with Gasteiger partial charge in [-0.3, -0.25) is 4.99 Å². The van der Waals surface area contributed by atoms with Gasteiger partial charge in [-0.1, -0.05) is 13.0 Å². The number of pyridine rings is 1. The van der Waals surface area contributed by atoms with Crippen molar-refractivity contribution < 1.29 is 14.2 Å². The third-order valence-corrected chi connectivity index (χ3v) is 5.00. The molecule has 1 aromatic carbocycles. The highest BCUT2D eigenvalue weighted by molar-refractivity contribution is 5.80. The van der Waals surface area contributed by atoms with Crippen molar-refractivity contribution >= 4 is 5.96 Å². The number of benzene rings is 1. The Labute approximate surface area is 179 Å². The van der Waals surface area contributed by atoms with Crippen molar-refractivity contribution in [1.29, 1.82) is 0 Å². The molecular weight excluding hydrogens is 380 g/mol. The molecule has 1 aliphatic heterocycles. The van der Waals surface area contributed by atoms with Gasteiger partial charge >= 0.3 is 0 Å². The van der Waals surface area contributed by atoms with Crippen LogP contribution in [0.4, 0.5) is 0 Å². The van der Waals surface area contributed by atoms with E-state index in [9.17, 15) is 0 Å². The first-order chi connectivity index (χ1) is 14.7. The minimum Gasteiger partial charge on any atom is -0.494 e. The zero-order valence-corrected chi connectivity index (χ0v) is 18.1. The largest absolute Gasteiger partial charge is 0.494 e. The summed E-state index contributed by atoms with van der Waals surface area (Å²) >= 11 is 0. The van der Waals surface area contributed by atoms with Gasteiger partial charge in [-0.2, -0.15) is 0 Å². The van der Waals surface area contributed by atoms with Crippen LogP contribution in [-0.2, 0) is 11.3 Å². The van der Waals surface area contributed by atoms with Gasteiger partial charge in [-0.05, 0) is 43.2 Å². The third-order valence-electron chi connectivity index (χ3n) is 5.00. The Morgan fingerprint density at radius 1 is 1.23 bits per heavy atom. The van der Waals surface area contributed by atoms with E-state index in [4.69, 9.17) is 14.2 Å². The number of hydrogen-bond acceptors (Lipinski definition) is 5. The molecule has 7 heteroatoms. The summed E-state index contributed by atoms with van der Waals surface area (Å²) in [5.41, 5.74) is 0.970. The average molecular weight is 413 g/mol. The third kappa shape index (κ3) is 6.10. The lowest BCUT2D eigenvalue weighted by atomic mass is 10.1. The van der Waals surface area contributed by atoms with Gasteiger partial charge in [0.25, 0.3) is 0 Å². The topological polar surface area (TPSA) is 68.2 Å². The Bertz CT molecular complexity index is 810. The number of hydrogen-bond donors (Lipinski definition) is 1. The van der Waals surface area contributed by atoms with E-state index in [2.05, 4.69) is 27.1 Å². The summed E-state index contributed by atoms with van der Waals surface area (Å²) in [5.74, 6) is 3.59. The molecule has 1 unspecified atom stereocenters. The van der Waals surface area contributed by atoms with E-state index < -0.39 is 0 Å². The van der Waals surface area contributed by atoms with Gasteiger partial charge in [0.2, 0.25) is 5.88 Å². The average Bonchev–Trinajstić information content (AvgIpc) is 3.23. The van der Waals surface area contributed by atoms with Crippen molar-refractivity contribution in [1.82, 2.24) is 15.2 Å². The van der Waals surface area contributed by atoms with Gasteiger partial charge in [0, 0.05) is 51.5 Å². The number of nitrogens with zero attached hydrogens (tertiary/aromatic N) is 3. The quantitative estimate of drug-likeness (QED) is 0.500. The minimum atomic E-state index is 0.551. The van der Waals surface area contributed by atoms with Crippen LogP contribution in [0.25, 0.3) is 0 Å². The van der Waals surface area contributed by atoms with Crippen molar-refractivity contribution in [3.05, 3.63) is 48.2 Å². The van der Waals surface area contributed by atoms with Crippen LogP contribution in [0.15, 0.2) is 47.6 Å². The molecule has 3 rings (SSSR count). The Hall–Kier alpha value is -2.80. The van der Waals surface area contributed by atoms with Crippen molar-refractivity contribution in [2.75, 3.05) is 40.5 Å². The van der Waals surface area contributed by atoms with Gasteiger partial charge in [0.1, 0.15) is 11.5 Å². The van der Waals surface area contributed by atoms with Crippen molar-refractivity contribution in [3.63, 3.8) is 0 Å². The van der Waals surface area contributed by atoms with E-state index in [0.29, 0.717) is 24.9 Å². The second kappa shape index (κ2) is 11.4. The maximum atomic E-state index is 6.03. The molecule has 162 valence electrons. The first-order valence-electron chi connectivity index (χ1n) is 10.5. The van der Waals surface area contributed by atoms with Gasteiger partial charge in [-0.25, -0.2) is 4.98 Å². The summed E-state index contributed by atoms with van der Waals surface area (Å²) in [6.07, 6.45) is 3.84. The normalized spacial score (nSPS) is 16.6. The lowest BCUT2D eigenvalue weighted by Gasteiger charge is -2.22. The van der Waals surface area contributed by atoms with Crippen LogP contribution < -0.4 is 14.8 Å². The number of methoxy groups -OCH3 is 1. The molecule has 0 saturated carbocycles. The monoisotopic (exact) mass is 412 g/mol. The Morgan fingerprint density at radius 2 is 2.03 bits per heavy atom. The first-order valence-corrected chi connectivity index (χ1v) is 10.5. The highest BCUT2D eigenvalue weighted by atomic mass is 16.5. The van der Waals surface area contributed by atoms with E-state index >= 15 is 0 Å². The van der Waals surface area contributed by atoms with Gasteiger partial charge < -0.3 is 24.4 Å². The maximum absolute atomic E-state index is 6.03. The fraction of sp³-hybridized carbons (Fsp3) is 0.478. The van der Waals surface area contributed by atoms with E-state index in [1.54, 1.807) is 13.3 Å². The molecular formula is C23H32N4O3. The Balaban J connectivity index is 1.59. The summed E-state index contributed by atoms with van der Waals surface area (Å²) < 4.78 is 17.0. The number of ether oxygens (including phenoxy) is 3. The smallest absolute Gasteiger partial charge is 0.224 e. The van der Waals surface area contributed by atoms with Crippen LogP contribution in [0.2, 0.25) is 0 Å². The molecule has 7 nitrogen and oxygen atoms in total. The zero-order chi connectivity index (χ0) is 21.2. The number of aromatic nitrogens is 1. The Kier molecular flexibility index (Phi) is 8.32. The first kappa shape index (κ1) is 21.9. The van der Waals surface area contributed by atoms with Gasteiger partial charge in [0.15, 0.2) is 5.96 Å². The van der Waals surface area contributed by atoms with Crippen LogP contribution in [-0.4, -0.2) is 56.3 Å². The lowest BCUT2D eigenvalue weighted by molar-refractivity contribution is 0.157. The molecule has 0 amide bonds. The predicted octanol–water partition coefficient (Wildman–Crippen LogP) is 3.71. The van der Waals surface area contributed by atoms with Crippen LogP contribution in [0.5, 0.6) is 17.4 Å². The molecule has 0 spiro atoms. The SMILES string of the molecule is CCCOc1ccc(Oc2ncccc2CNC(=NC)N2CCC(COC)C2)cc1. The highest BCUT2D eigenvalue weighted by Gasteiger charge is 2.24. The molecule has 2 aromatic rings. The molecule has 1 aliphatic rings. The molecule has 1 fully saturated rings. The summed E-state index contributed by atoms with van der Waals surface area (Å²) in [5, 5.41) is 3.44. The zero-order valence-electron chi connectivity index (χ0n) is 18.1. The highest BCUT2D eigenvalue weighted by Crippen LogP contribution is 2.25. The van der Waals surface area contributed by atoms with E-state index in [1.807, 2.05) is 43.4 Å². The summed E-state index contributed by atoms with van der Waals surface area (Å²) in [6.45, 7) is 6.10. The number of guanidine groups is 1. The van der Waals surface area contributed by atoms with Crippen molar-refractivity contribution in [2.24, 2.45) is 10.9 Å². The molecule has 1 aromatic heterocycles. The molecule has 0 aliphatic carbocycles. The lowest BCUT2D eigenvalue weighted by Crippen LogP contribution is -2.39. The minimum absolute atomic E-state index is 0.551. The van der Waals surface area contributed by atoms with Crippen LogP contribution in [0.3, 0.4) is 0 Å². The summed E-state index contributed by atoms with van der Waals surface area (Å²) in [7, 11) is 3.57. The number of aliphatic imine (C=N–C) groups is 1. The van der Waals surface area contributed by atoms with Crippen LogP contribution in [0, 0.1) is 5.92 Å². The second-order valence-electron chi connectivity index (χ2n) is 7.35. The van der Waals surface area contributed by atoms with Crippen molar-refractivity contribution in [3.8, 4) is 17.4 Å². The summed E-state index contributed by atoms with van der Waals surface area (Å²) in [6, 6.07) is 11.6. The number of nitrogens with one attached hydrogen (secondary N) is 1. The van der Waals surface area contributed by atoms with Gasteiger partial charge in [-0.15, -0.1) is 0 Å².